The van der Waals surface area contributed by atoms with E-state index in [2.05, 4.69) is 52.9 Å². The summed E-state index contributed by atoms with van der Waals surface area (Å²) in [5, 5.41) is 10.9. The Labute approximate surface area is 141 Å². The van der Waals surface area contributed by atoms with Crippen molar-refractivity contribution in [1.29, 1.82) is 0 Å². The van der Waals surface area contributed by atoms with Gasteiger partial charge in [0.05, 0.1) is 12.8 Å². The van der Waals surface area contributed by atoms with Crippen LogP contribution in [0, 0.1) is 0 Å². The highest BCUT2D eigenvalue weighted by Crippen LogP contribution is 2.32. The van der Waals surface area contributed by atoms with Crippen molar-refractivity contribution in [2.24, 2.45) is 0 Å². The summed E-state index contributed by atoms with van der Waals surface area (Å²) >= 11 is 1.71. The molecule has 0 bridgehead atoms. The third-order valence-corrected chi connectivity index (χ3v) is 5.44. The first-order valence-electron chi connectivity index (χ1n) is 7.96. The Kier molecular flexibility index (Phi) is 4.43. The minimum atomic E-state index is 0.0646. The first-order chi connectivity index (χ1) is 11.0. The van der Waals surface area contributed by atoms with Crippen LogP contribution < -0.4 is 14.5 Å². The number of rotatable bonds is 3. The summed E-state index contributed by atoms with van der Waals surface area (Å²) in [6, 6.07) is 8.21. The zero-order valence-corrected chi connectivity index (χ0v) is 15.1. The number of aromatic nitrogens is 2. The molecule has 3 rings (SSSR count). The van der Waals surface area contributed by atoms with Crippen molar-refractivity contribution in [1.82, 2.24) is 10.2 Å². The summed E-state index contributed by atoms with van der Waals surface area (Å²) in [5.41, 5.74) is 1.23. The maximum absolute atomic E-state index is 5.48. The van der Waals surface area contributed by atoms with Gasteiger partial charge in [0.25, 0.3) is 0 Å². The van der Waals surface area contributed by atoms with E-state index in [1.165, 1.54) is 5.69 Å². The molecule has 1 fully saturated rings. The van der Waals surface area contributed by atoms with Crippen molar-refractivity contribution in [3.63, 3.8) is 0 Å². The second kappa shape index (κ2) is 6.35. The molecule has 0 aliphatic carbocycles. The monoisotopic (exact) mass is 332 g/mol. The van der Waals surface area contributed by atoms with Crippen LogP contribution in [-0.2, 0) is 5.41 Å². The maximum Gasteiger partial charge on any atom is 0.208 e. The first-order valence-corrected chi connectivity index (χ1v) is 8.77. The molecule has 23 heavy (non-hydrogen) atoms. The Bertz CT molecular complexity index is 657. The molecule has 1 saturated heterocycles. The SMILES string of the molecule is COc1ccccc1N1CCN(c2nnc(C(C)(C)C)s2)CC1. The van der Waals surface area contributed by atoms with E-state index < -0.39 is 0 Å². The van der Waals surface area contributed by atoms with Crippen molar-refractivity contribution in [3.8, 4) is 5.75 Å². The molecule has 2 aromatic rings. The molecular weight excluding hydrogens is 308 g/mol. The average molecular weight is 332 g/mol. The fraction of sp³-hybridized carbons (Fsp3) is 0.529. The van der Waals surface area contributed by atoms with Crippen molar-refractivity contribution in [2.75, 3.05) is 43.1 Å². The van der Waals surface area contributed by atoms with Crippen LogP contribution in [0.25, 0.3) is 0 Å². The van der Waals surface area contributed by atoms with Crippen LogP contribution in [0.5, 0.6) is 5.75 Å². The van der Waals surface area contributed by atoms with Crippen LogP contribution in [0.3, 0.4) is 0 Å². The Morgan fingerprint density at radius 3 is 2.26 bits per heavy atom. The van der Waals surface area contributed by atoms with E-state index in [0.29, 0.717) is 0 Å². The predicted molar refractivity (Wildman–Crippen MR) is 96.0 cm³/mol. The summed E-state index contributed by atoms with van der Waals surface area (Å²) in [6.45, 7) is 10.4. The molecule has 1 aromatic carbocycles. The summed E-state index contributed by atoms with van der Waals surface area (Å²) < 4.78 is 5.48. The number of hydrogen-bond donors (Lipinski definition) is 0. The average Bonchev–Trinajstić information content (AvgIpc) is 3.05. The van der Waals surface area contributed by atoms with Gasteiger partial charge in [-0.15, -0.1) is 10.2 Å². The minimum absolute atomic E-state index is 0.0646. The zero-order chi connectivity index (χ0) is 16.4. The largest absolute Gasteiger partial charge is 0.495 e. The number of methoxy groups -OCH3 is 1. The van der Waals surface area contributed by atoms with Gasteiger partial charge in [-0.3, -0.25) is 0 Å². The number of nitrogens with zero attached hydrogens (tertiary/aromatic N) is 4. The predicted octanol–water partition coefficient (Wildman–Crippen LogP) is 3.17. The van der Waals surface area contributed by atoms with Crippen LogP contribution >= 0.6 is 11.3 Å². The third-order valence-electron chi connectivity index (χ3n) is 4.03. The van der Waals surface area contributed by atoms with Gasteiger partial charge in [-0.25, -0.2) is 0 Å². The lowest BCUT2D eigenvalue weighted by Gasteiger charge is -2.36. The van der Waals surface area contributed by atoms with Gasteiger partial charge in [0.1, 0.15) is 10.8 Å². The summed E-state index contributed by atoms with van der Waals surface area (Å²) in [7, 11) is 1.73. The van der Waals surface area contributed by atoms with Crippen molar-refractivity contribution in [3.05, 3.63) is 29.3 Å². The van der Waals surface area contributed by atoms with Gasteiger partial charge in [0, 0.05) is 31.6 Å². The number of para-hydroxylation sites is 2. The molecule has 1 aliphatic rings. The van der Waals surface area contributed by atoms with Crippen LogP contribution in [0.1, 0.15) is 25.8 Å². The Hall–Kier alpha value is -1.82. The number of anilines is 2. The van der Waals surface area contributed by atoms with Gasteiger partial charge in [-0.1, -0.05) is 44.2 Å². The summed E-state index contributed by atoms with van der Waals surface area (Å²) in [6.07, 6.45) is 0. The molecular formula is C17H24N4OS. The highest BCUT2D eigenvalue weighted by molar-refractivity contribution is 7.15. The fourth-order valence-electron chi connectivity index (χ4n) is 2.68. The van der Waals surface area contributed by atoms with E-state index in [1.807, 2.05) is 12.1 Å². The molecule has 0 atom stereocenters. The standard InChI is InChI=1S/C17H24N4OS/c1-17(2,3)15-18-19-16(23-15)21-11-9-20(10-12-21)13-7-5-6-8-14(13)22-4/h5-8H,9-12H2,1-4H3. The molecule has 1 aromatic heterocycles. The quantitative estimate of drug-likeness (QED) is 0.863. The molecule has 0 N–H and O–H groups in total. The number of piperazine rings is 1. The van der Waals surface area contributed by atoms with Crippen molar-refractivity contribution in [2.45, 2.75) is 26.2 Å². The third kappa shape index (κ3) is 3.42. The second-order valence-corrected chi connectivity index (χ2v) is 7.74. The van der Waals surface area contributed by atoms with Crippen LogP contribution in [-0.4, -0.2) is 43.5 Å². The van der Waals surface area contributed by atoms with E-state index in [4.69, 9.17) is 4.74 Å². The first kappa shape index (κ1) is 16.1. The second-order valence-electron chi connectivity index (χ2n) is 6.79. The number of hydrogen-bond acceptors (Lipinski definition) is 6. The highest BCUT2D eigenvalue weighted by Gasteiger charge is 2.24. The highest BCUT2D eigenvalue weighted by atomic mass is 32.1. The zero-order valence-electron chi connectivity index (χ0n) is 14.2. The van der Waals surface area contributed by atoms with E-state index in [-0.39, 0.29) is 5.41 Å². The van der Waals surface area contributed by atoms with E-state index in [1.54, 1.807) is 18.4 Å². The van der Waals surface area contributed by atoms with Crippen molar-refractivity contribution >= 4 is 22.2 Å². The maximum atomic E-state index is 5.48. The molecule has 6 heteroatoms. The molecule has 5 nitrogen and oxygen atoms in total. The lowest BCUT2D eigenvalue weighted by atomic mass is 9.98. The van der Waals surface area contributed by atoms with Gasteiger partial charge >= 0.3 is 0 Å². The molecule has 0 spiro atoms. The number of ether oxygens (including phenoxy) is 1. The lowest BCUT2D eigenvalue weighted by Crippen LogP contribution is -2.46. The molecule has 0 unspecified atom stereocenters. The summed E-state index contributed by atoms with van der Waals surface area (Å²) in [4.78, 5) is 4.71. The van der Waals surface area contributed by atoms with Crippen LogP contribution in [0.15, 0.2) is 24.3 Å². The van der Waals surface area contributed by atoms with Crippen molar-refractivity contribution < 1.29 is 4.74 Å². The van der Waals surface area contributed by atoms with Gasteiger partial charge in [-0.2, -0.15) is 0 Å². The van der Waals surface area contributed by atoms with Crippen LogP contribution in [0.4, 0.5) is 10.8 Å². The van der Waals surface area contributed by atoms with Gasteiger partial charge in [0.15, 0.2) is 0 Å². The lowest BCUT2D eigenvalue weighted by molar-refractivity contribution is 0.413. The molecule has 0 radical (unpaired) electrons. The molecule has 1 aliphatic heterocycles. The summed E-state index contributed by atoms with van der Waals surface area (Å²) in [5.74, 6) is 0.937. The van der Waals surface area contributed by atoms with E-state index in [9.17, 15) is 0 Å². The van der Waals surface area contributed by atoms with Gasteiger partial charge in [-0.05, 0) is 12.1 Å². The Balaban J connectivity index is 1.68. The smallest absolute Gasteiger partial charge is 0.208 e. The number of benzene rings is 1. The molecule has 0 saturated carbocycles. The van der Waals surface area contributed by atoms with Gasteiger partial charge in [0.2, 0.25) is 5.13 Å². The van der Waals surface area contributed by atoms with E-state index in [0.717, 1.165) is 42.1 Å². The normalized spacial score (nSPS) is 15.8. The topological polar surface area (TPSA) is 41.5 Å². The minimum Gasteiger partial charge on any atom is -0.495 e. The molecule has 0 amide bonds. The molecule has 124 valence electrons. The van der Waals surface area contributed by atoms with Crippen LogP contribution in [0.2, 0.25) is 0 Å². The molecule has 2 heterocycles. The fourth-order valence-corrected chi connectivity index (χ4v) is 3.63. The van der Waals surface area contributed by atoms with Gasteiger partial charge < -0.3 is 14.5 Å². The Morgan fingerprint density at radius 1 is 1.00 bits per heavy atom. The Morgan fingerprint density at radius 2 is 1.65 bits per heavy atom. The van der Waals surface area contributed by atoms with E-state index >= 15 is 0 Å².